The van der Waals surface area contributed by atoms with E-state index in [0.29, 0.717) is 0 Å². The first-order chi connectivity index (χ1) is 25.8. The van der Waals surface area contributed by atoms with Gasteiger partial charge in [0.2, 0.25) is 0 Å². The molecule has 0 fully saturated rings. The van der Waals surface area contributed by atoms with Gasteiger partial charge in [-0.25, -0.2) is 4.98 Å². The zero-order valence-corrected chi connectivity index (χ0v) is 28.4. The van der Waals surface area contributed by atoms with Crippen molar-refractivity contribution < 1.29 is 0 Å². The molecule has 0 aliphatic heterocycles. The van der Waals surface area contributed by atoms with E-state index in [1.165, 1.54) is 38.3 Å². The van der Waals surface area contributed by atoms with E-state index in [4.69, 9.17) is 4.98 Å². The van der Waals surface area contributed by atoms with Crippen molar-refractivity contribution in [3.05, 3.63) is 200 Å². The molecule has 0 bridgehead atoms. The van der Waals surface area contributed by atoms with Gasteiger partial charge in [0.15, 0.2) is 0 Å². The fraction of sp³-hybridized carbons (Fsp3) is 0. The fourth-order valence-electron chi connectivity index (χ4n) is 7.64. The predicted octanol–water partition coefficient (Wildman–Crippen LogP) is 12.8. The highest BCUT2D eigenvalue weighted by Gasteiger charge is 2.17. The van der Waals surface area contributed by atoms with Crippen molar-refractivity contribution in [1.29, 1.82) is 0 Å². The van der Waals surface area contributed by atoms with Gasteiger partial charge in [-0.2, -0.15) is 0 Å². The fourth-order valence-corrected chi connectivity index (χ4v) is 7.64. The Balaban J connectivity index is 1.05. The van der Waals surface area contributed by atoms with Crippen molar-refractivity contribution in [1.82, 2.24) is 14.1 Å². The lowest BCUT2D eigenvalue weighted by molar-refractivity contribution is 1.05. The van der Waals surface area contributed by atoms with Crippen LogP contribution in [0.1, 0.15) is 0 Å². The Hall–Kier alpha value is -6.97. The van der Waals surface area contributed by atoms with Crippen LogP contribution in [0.2, 0.25) is 0 Å². The lowest BCUT2D eigenvalue weighted by atomic mass is 10.0. The molecular weight excluding hydrogens is 631 g/mol. The van der Waals surface area contributed by atoms with Gasteiger partial charge in [-0.3, -0.25) is 4.57 Å². The molecule has 0 N–H and O–H groups in total. The molecule has 10 rings (SSSR count). The smallest absolute Gasteiger partial charge is 0.138 e. The number of pyridine rings is 1. The number of hydrogen-bond donors (Lipinski definition) is 0. The van der Waals surface area contributed by atoms with Gasteiger partial charge in [0.1, 0.15) is 5.82 Å². The zero-order valence-electron chi connectivity index (χ0n) is 28.4. The summed E-state index contributed by atoms with van der Waals surface area (Å²) in [6.45, 7) is 0. The molecule has 3 nitrogen and oxygen atoms in total. The lowest BCUT2D eigenvalue weighted by Gasteiger charge is -2.15. The number of para-hydroxylation sites is 3. The van der Waals surface area contributed by atoms with E-state index in [1.807, 2.05) is 6.07 Å². The third kappa shape index (κ3) is 5.10. The summed E-state index contributed by atoms with van der Waals surface area (Å²) < 4.78 is 4.67. The molecule has 244 valence electrons. The highest BCUT2D eigenvalue weighted by molar-refractivity contribution is 6.09. The molecule has 3 aromatic heterocycles. The lowest BCUT2D eigenvalue weighted by Crippen LogP contribution is -2.02. The molecule has 3 heteroatoms. The molecule has 0 radical (unpaired) electrons. The van der Waals surface area contributed by atoms with Crippen LogP contribution in [0.3, 0.4) is 0 Å². The van der Waals surface area contributed by atoms with Gasteiger partial charge in [-0.1, -0.05) is 152 Å². The highest BCUT2D eigenvalue weighted by Crippen LogP contribution is 2.36. The molecule has 0 saturated carbocycles. The standard InChI is InChI=1S/C49H33N3/c1-3-13-34(14-4-1)40-31-44(37-15-5-2-6-16-37)50-49(33-40)52-45-20-10-7-17-39(45)32-48(52)38-25-23-35(24-26-38)36-27-29-41(30-28-36)51-46-21-11-8-18-42(46)43-19-9-12-22-47(43)51/h1-33H. The largest absolute Gasteiger partial charge is 0.309 e. The van der Waals surface area contributed by atoms with Crippen LogP contribution >= 0.6 is 0 Å². The van der Waals surface area contributed by atoms with E-state index in [1.54, 1.807) is 0 Å². The van der Waals surface area contributed by atoms with Gasteiger partial charge >= 0.3 is 0 Å². The number of aromatic nitrogens is 3. The van der Waals surface area contributed by atoms with Gasteiger partial charge in [0, 0.05) is 27.4 Å². The van der Waals surface area contributed by atoms with Crippen LogP contribution in [-0.4, -0.2) is 14.1 Å². The molecule has 3 heterocycles. The van der Waals surface area contributed by atoms with Crippen LogP contribution in [-0.2, 0) is 0 Å². The third-order valence-electron chi connectivity index (χ3n) is 10.1. The Morgan fingerprint density at radius 1 is 0.327 bits per heavy atom. The first-order valence-electron chi connectivity index (χ1n) is 17.7. The summed E-state index contributed by atoms with van der Waals surface area (Å²) >= 11 is 0. The first kappa shape index (κ1) is 29.9. The monoisotopic (exact) mass is 663 g/mol. The minimum Gasteiger partial charge on any atom is -0.309 e. The van der Waals surface area contributed by atoms with Crippen LogP contribution in [0.25, 0.3) is 89.0 Å². The molecule has 0 aliphatic rings. The Kier molecular flexibility index (Phi) is 7.14. The van der Waals surface area contributed by atoms with Crippen molar-refractivity contribution in [2.45, 2.75) is 0 Å². The van der Waals surface area contributed by atoms with Gasteiger partial charge in [0.05, 0.1) is 27.9 Å². The minimum absolute atomic E-state index is 0.890. The van der Waals surface area contributed by atoms with Crippen molar-refractivity contribution >= 4 is 32.7 Å². The van der Waals surface area contributed by atoms with Gasteiger partial charge in [-0.15, -0.1) is 0 Å². The van der Waals surface area contributed by atoms with Crippen LogP contribution in [0.5, 0.6) is 0 Å². The molecule has 52 heavy (non-hydrogen) atoms. The number of benzene rings is 7. The average molecular weight is 664 g/mol. The summed E-state index contributed by atoms with van der Waals surface area (Å²) in [5, 5.41) is 3.72. The van der Waals surface area contributed by atoms with E-state index in [-0.39, 0.29) is 0 Å². The molecule has 0 amide bonds. The molecular formula is C49H33N3. The van der Waals surface area contributed by atoms with Gasteiger partial charge in [-0.05, 0) is 76.3 Å². The molecule has 0 saturated heterocycles. The Morgan fingerprint density at radius 2 is 0.827 bits per heavy atom. The molecule has 0 atom stereocenters. The zero-order chi connectivity index (χ0) is 34.4. The van der Waals surface area contributed by atoms with E-state index >= 15 is 0 Å². The van der Waals surface area contributed by atoms with Crippen molar-refractivity contribution in [3.8, 4) is 56.3 Å². The second-order valence-corrected chi connectivity index (χ2v) is 13.2. The topological polar surface area (TPSA) is 22.8 Å². The van der Waals surface area contributed by atoms with Crippen molar-refractivity contribution in [3.63, 3.8) is 0 Å². The average Bonchev–Trinajstić information content (AvgIpc) is 3.78. The number of fused-ring (bicyclic) bond motifs is 4. The Labute approximate surface area is 302 Å². The molecule has 0 aliphatic carbocycles. The maximum absolute atomic E-state index is 5.30. The molecule has 0 unspecified atom stereocenters. The maximum Gasteiger partial charge on any atom is 0.138 e. The predicted molar refractivity (Wildman–Crippen MR) is 217 cm³/mol. The molecule has 10 aromatic rings. The number of hydrogen-bond acceptors (Lipinski definition) is 1. The summed E-state index contributed by atoms with van der Waals surface area (Å²) in [5.74, 6) is 0.890. The van der Waals surface area contributed by atoms with Gasteiger partial charge in [0.25, 0.3) is 0 Å². The number of rotatable bonds is 6. The summed E-state index contributed by atoms with van der Waals surface area (Å²) in [7, 11) is 0. The SMILES string of the molecule is c1ccc(-c2cc(-c3ccccc3)nc(-n3c(-c4ccc(-c5ccc(-n6c7ccccc7c7ccccc76)cc5)cc4)cc4ccccc43)c2)cc1. The summed E-state index contributed by atoms with van der Waals surface area (Å²) in [5.41, 5.74) is 13.6. The normalized spacial score (nSPS) is 11.5. The quantitative estimate of drug-likeness (QED) is 0.174. The second-order valence-electron chi connectivity index (χ2n) is 13.2. The highest BCUT2D eigenvalue weighted by atomic mass is 15.1. The first-order valence-corrected chi connectivity index (χ1v) is 17.7. The Morgan fingerprint density at radius 3 is 1.48 bits per heavy atom. The van der Waals surface area contributed by atoms with E-state index < -0.39 is 0 Å². The molecule has 7 aromatic carbocycles. The van der Waals surface area contributed by atoms with Gasteiger partial charge < -0.3 is 4.57 Å². The van der Waals surface area contributed by atoms with E-state index in [0.717, 1.165) is 50.7 Å². The van der Waals surface area contributed by atoms with Crippen molar-refractivity contribution in [2.75, 3.05) is 0 Å². The summed E-state index contributed by atoms with van der Waals surface area (Å²) in [6.07, 6.45) is 0. The van der Waals surface area contributed by atoms with Crippen LogP contribution in [0, 0.1) is 0 Å². The summed E-state index contributed by atoms with van der Waals surface area (Å²) in [4.78, 5) is 5.30. The van der Waals surface area contributed by atoms with Crippen LogP contribution in [0.15, 0.2) is 200 Å². The maximum atomic E-state index is 5.30. The van der Waals surface area contributed by atoms with E-state index in [2.05, 4.69) is 203 Å². The molecule has 0 spiro atoms. The number of nitrogens with zero attached hydrogens (tertiary/aromatic N) is 3. The van der Waals surface area contributed by atoms with Crippen LogP contribution < -0.4 is 0 Å². The Bertz CT molecular complexity index is 2750. The van der Waals surface area contributed by atoms with Crippen LogP contribution in [0.4, 0.5) is 0 Å². The third-order valence-corrected chi connectivity index (χ3v) is 10.1. The van der Waals surface area contributed by atoms with E-state index in [9.17, 15) is 0 Å². The second kappa shape index (κ2) is 12.4. The van der Waals surface area contributed by atoms with Crippen molar-refractivity contribution in [2.24, 2.45) is 0 Å². The minimum atomic E-state index is 0.890. The summed E-state index contributed by atoms with van der Waals surface area (Å²) in [6, 6.07) is 71.4.